The second-order valence-electron chi connectivity index (χ2n) is 5.97. The van der Waals surface area contributed by atoms with Gasteiger partial charge in [-0.05, 0) is 36.5 Å². The van der Waals surface area contributed by atoms with E-state index < -0.39 is 0 Å². The van der Waals surface area contributed by atoms with E-state index in [0.717, 1.165) is 47.9 Å². The molecule has 2 heterocycles. The van der Waals surface area contributed by atoms with Crippen molar-refractivity contribution in [2.24, 2.45) is 0 Å². The molecule has 1 aliphatic heterocycles. The molecule has 0 aliphatic carbocycles. The third-order valence-corrected chi connectivity index (χ3v) is 4.49. The van der Waals surface area contributed by atoms with Crippen LogP contribution in [0.4, 0.5) is 0 Å². The van der Waals surface area contributed by atoms with Gasteiger partial charge < -0.3 is 4.74 Å². The van der Waals surface area contributed by atoms with Crippen molar-refractivity contribution >= 4 is 10.9 Å². The molecule has 116 valence electrons. The smallest absolute Gasteiger partial charge is 0.253 e. The zero-order valence-corrected chi connectivity index (χ0v) is 12.9. The van der Waals surface area contributed by atoms with Crippen LogP contribution in [0.1, 0.15) is 25.5 Å². The van der Waals surface area contributed by atoms with Crippen molar-refractivity contribution in [3.8, 4) is 11.1 Å². The Morgan fingerprint density at radius 3 is 2.52 bits per heavy atom. The number of nitrogens with zero attached hydrogens (tertiary/aromatic N) is 1. The van der Waals surface area contributed by atoms with Gasteiger partial charge in [-0.2, -0.15) is 0 Å². The average molecular weight is 305 g/mol. The molecule has 1 aromatic heterocycles. The minimum atomic E-state index is -0.147. The molecule has 0 spiro atoms. The van der Waals surface area contributed by atoms with Crippen LogP contribution in [0.15, 0.2) is 65.5 Å². The summed E-state index contributed by atoms with van der Waals surface area (Å²) in [5.41, 5.74) is 3.01. The second-order valence-corrected chi connectivity index (χ2v) is 5.97. The largest absolute Gasteiger partial charge is 0.358 e. The van der Waals surface area contributed by atoms with Crippen molar-refractivity contribution in [2.45, 2.75) is 25.5 Å². The summed E-state index contributed by atoms with van der Waals surface area (Å²) in [4.78, 5) is 12.8. The summed E-state index contributed by atoms with van der Waals surface area (Å²) in [6.07, 6.45) is 2.93. The molecule has 0 N–H and O–H groups in total. The summed E-state index contributed by atoms with van der Waals surface area (Å²) in [7, 11) is 0. The van der Waals surface area contributed by atoms with Gasteiger partial charge in [0.1, 0.15) is 6.23 Å². The van der Waals surface area contributed by atoms with Gasteiger partial charge in [-0.1, -0.05) is 48.5 Å². The highest BCUT2D eigenvalue weighted by Crippen LogP contribution is 2.30. The van der Waals surface area contributed by atoms with Gasteiger partial charge in [0, 0.05) is 18.1 Å². The molecule has 3 heteroatoms. The van der Waals surface area contributed by atoms with Gasteiger partial charge in [-0.15, -0.1) is 0 Å². The molecule has 4 rings (SSSR count). The Morgan fingerprint density at radius 2 is 1.74 bits per heavy atom. The van der Waals surface area contributed by atoms with Crippen LogP contribution in [0, 0.1) is 0 Å². The molecule has 23 heavy (non-hydrogen) atoms. The first-order valence-electron chi connectivity index (χ1n) is 8.16. The summed E-state index contributed by atoms with van der Waals surface area (Å²) < 4.78 is 7.68. The van der Waals surface area contributed by atoms with Gasteiger partial charge >= 0.3 is 0 Å². The molecule has 1 saturated heterocycles. The minimum absolute atomic E-state index is 0.00875. The van der Waals surface area contributed by atoms with Crippen molar-refractivity contribution < 1.29 is 4.74 Å². The van der Waals surface area contributed by atoms with E-state index >= 15 is 0 Å². The van der Waals surface area contributed by atoms with Crippen molar-refractivity contribution in [2.75, 3.05) is 6.61 Å². The van der Waals surface area contributed by atoms with Gasteiger partial charge in [-0.3, -0.25) is 9.36 Å². The lowest BCUT2D eigenvalue weighted by Gasteiger charge is -2.26. The molecule has 3 nitrogen and oxygen atoms in total. The first kappa shape index (κ1) is 14.2. The number of hydrogen-bond donors (Lipinski definition) is 0. The molecular weight excluding hydrogens is 286 g/mol. The summed E-state index contributed by atoms with van der Waals surface area (Å²) in [5, 5.41) is 1.09. The first-order valence-corrected chi connectivity index (χ1v) is 8.16. The van der Waals surface area contributed by atoms with Gasteiger partial charge in [0.2, 0.25) is 0 Å². The summed E-state index contributed by atoms with van der Waals surface area (Å²) in [5.74, 6) is 0. The third-order valence-electron chi connectivity index (χ3n) is 4.49. The topological polar surface area (TPSA) is 31.2 Å². The molecule has 1 unspecified atom stereocenters. The van der Waals surface area contributed by atoms with Gasteiger partial charge in [-0.25, -0.2) is 0 Å². The van der Waals surface area contributed by atoms with E-state index in [1.807, 2.05) is 53.1 Å². The Labute approximate surface area is 135 Å². The average Bonchev–Trinajstić information content (AvgIpc) is 2.62. The molecule has 0 radical (unpaired) electrons. The van der Waals surface area contributed by atoms with Crippen LogP contribution < -0.4 is 5.56 Å². The maximum Gasteiger partial charge on any atom is 0.253 e. The first-order chi connectivity index (χ1) is 11.3. The lowest BCUT2D eigenvalue weighted by atomic mass is 10.0. The highest BCUT2D eigenvalue weighted by molar-refractivity contribution is 5.94. The molecule has 0 bridgehead atoms. The Kier molecular flexibility index (Phi) is 3.72. The van der Waals surface area contributed by atoms with E-state index in [1.165, 1.54) is 0 Å². The van der Waals surface area contributed by atoms with Crippen LogP contribution in [0.5, 0.6) is 0 Å². The van der Waals surface area contributed by atoms with Gasteiger partial charge in [0.05, 0.1) is 5.52 Å². The summed E-state index contributed by atoms with van der Waals surface area (Å²) >= 11 is 0. The fourth-order valence-electron chi connectivity index (χ4n) is 3.38. The Hall–Kier alpha value is -2.39. The SMILES string of the molecule is O=c1cc(-c2ccccc2)c2ccccc2n1C1CCCCO1. The number of fused-ring (bicyclic) bond motifs is 1. The van der Waals surface area contributed by atoms with Crippen LogP contribution in [-0.2, 0) is 4.74 Å². The van der Waals surface area contributed by atoms with E-state index in [-0.39, 0.29) is 11.8 Å². The zero-order chi connectivity index (χ0) is 15.6. The molecule has 1 atom stereocenters. The van der Waals surface area contributed by atoms with Crippen LogP contribution >= 0.6 is 0 Å². The quantitative estimate of drug-likeness (QED) is 0.704. The minimum Gasteiger partial charge on any atom is -0.358 e. The molecule has 0 amide bonds. The molecule has 2 aromatic carbocycles. The number of ether oxygens (including phenoxy) is 1. The molecule has 0 saturated carbocycles. The Bertz CT molecular complexity index is 877. The Balaban J connectivity index is 1.97. The lowest BCUT2D eigenvalue weighted by molar-refractivity contribution is -0.0312. The molecular formula is C20H19NO2. The fraction of sp³-hybridized carbons (Fsp3) is 0.250. The highest BCUT2D eigenvalue weighted by atomic mass is 16.5. The van der Waals surface area contributed by atoms with Gasteiger partial charge in [0.15, 0.2) is 0 Å². The predicted octanol–water partition coefficient (Wildman–Crippen LogP) is 4.37. The van der Waals surface area contributed by atoms with E-state index in [0.29, 0.717) is 0 Å². The zero-order valence-electron chi connectivity index (χ0n) is 12.9. The standard InChI is InChI=1S/C20H19NO2/c22-19-14-17(15-8-2-1-3-9-15)16-10-4-5-11-18(16)21(19)20-12-6-7-13-23-20/h1-5,8-11,14,20H,6-7,12-13H2. The highest BCUT2D eigenvalue weighted by Gasteiger charge is 2.20. The van der Waals surface area contributed by atoms with E-state index in [9.17, 15) is 4.79 Å². The van der Waals surface area contributed by atoms with Crippen LogP contribution in [-0.4, -0.2) is 11.2 Å². The van der Waals surface area contributed by atoms with Crippen LogP contribution in [0.25, 0.3) is 22.0 Å². The van der Waals surface area contributed by atoms with Crippen molar-refractivity contribution in [3.05, 3.63) is 71.0 Å². The van der Waals surface area contributed by atoms with Crippen molar-refractivity contribution in [1.29, 1.82) is 0 Å². The van der Waals surface area contributed by atoms with E-state index in [1.54, 1.807) is 6.07 Å². The van der Waals surface area contributed by atoms with E-state index in [2.05, 4.69) is 6.07 Å². The molecule has 1 aliphatic rings. The van der Waals surface area contributed by atoms with Crippen LogP contribution in [0.2, 0.25) is 0 Å². The van der Waals surface area contributed by atoms with Crippen molar-refractivity contribution in [3.63, 3.8) is 0 Å². The predicted molar refractivity (Wildman–Crippen MR) is 92.5 cm³/mol. The fourth-order valence-corrected chi connectivity index (χ4v) is 3.38. The number of pyridine rings is 1. The molecule has 1 fully saturated rings. The summed E-state index contributed by atoms with van der Waals surface area (Å²) in [6, 6.07) is 19.9. The van der Waals surface area contributed by atoms with Gasteiger partial charge in [0.25, 0.3) is 5.56 Å². The number of aromatic nitrogens is 1. The number of benzene rings is 2. The summed E-state index contributed by atoms with van der Waals surface area (Å²) in [6.45, 7) is 0.728. The third kappa shape index (κ3) is 2.57. The maximum absolute atomic E-state index is 12.8. The van der Waals surface area contributed by atoms with E-state index in [4.69, 9.17) is 4.74 Å². The molecule has 3 aromatic rings. The van der Waals surface area contributed by atoms with Crippen LogP contribution in [0.3, 0.4) is 0 Å². The number of hydrogen-bond acceptors (Lipinski definition) is 2. The van der Waals surface area contributed by atoms with Crippen molar-refractivity contribution in [1.82, 2.24) is 4.57 Å². The normalized spacial score (nSPS) is 18.2. The lowest BCUT2D eigenvalue weighted by Crippen LogP contribution is -2.29. The second kappa shape index (κ2) is 6.01. The number of para-hydroxylation sites is 1. The Morgan fingerprint density at radius 1 is 0.957 bits per heavy atom. The maximum atomic E-state index is 12.8. The monoisotopic (exact) mass is 305 g/mol. The number of rotatable bonds is 2.